The lowest BCUT2D eigenvalue weighted by Gasteiger charge is -2.07. The number of benzene rings is 2. The summed E-state index contributed by atoms with van der Waals surface area (Å²) in [6.07, 6.45) is 0.776. The molecule has 0 saturated heterocycles. The van der Waals surface area contributed by atoms with Crippen LogP contribution in [0.5, 0.6) is 0 Å². The molecule has 2 nitrogen and oxygen atoms in total. The van der Waals surface area contributed by atoms with E-state index in [0.29, 0.717) is 28.0 Å². The average Bonchev–Trinajstić information content (AvgIpc) is 2.76. The average molecular weight is 400 g/mol. The maximum absolute atomic E-state index is 14.3. The molecule has 0 heterocycles. The molecule has 0 bridgehead atoms. The number of nitriles is 1. The third-order valence-corrected chi connectivity index (χ3v) is 3.76. The number of allylic oxidation sites excluding steroid dienone is 2. The maximum atomic E-state index is 14.3. The van der Waals surface area contributed by atoms with Crippen molar-refractivity contribution in [2.24, 2.45) is 0 Å². The molecule has 0 spiro atoms. The van der Waals surface area contributed by atoms with Crippen LogP contribution in [0.25, 0.3) is 17.7 Å². The molecule has 2 aromatic carbocycles. The van der Waals surface area contributed by atoms with Crippen LogP contribution in [0.15, 0.2) is 61.3 Å². The molecule has 0 aromatic heterocycles. The standard InChI is InChI=1S/C20H17F3N2.C2H6.C2H4/c1-13(19(12-24)25-2)17-9-8-15(11-18(17)21)7-6-14-4-3-5-16(10-14)20(22)23;2*1-2/h3-11,20,25H,1-2H3;1-2H3;1-2H2/b7-6+,19-13+;;. The van der Waals surface area contributed by atoms with Crippen LogP contribution >= 0.6 is 0 Å². The van der Waals surface area contributed by atoms with E-state index in [4.69, 9.17) is 5.26 Å². The molecule has 5 heteroatoms. The van der Waals surface area contributed by atoms with E-state index >= 15 is 0 Å². The smallest absolute Gasteiger partial charge is 0.263 e. The summed E-state index contributed by atoms with van der Waals surface area (Å²) in [5.74, 6) is -0.455. The summed E-state index contributed by atoms with van der Waals surface area (Å²) in [4.78, 5) is 0. The van der Waals surface area contributed by atoms with Crippen molar-refractivity contribution in [3.8, 4) is 6.07 Å². The Kier molecular flexibility index (Phi) is 12.3. The lowest BCUT2D eigenvalue weighted by Crippen LogP contribution is -2.06. The van der Waals surface area contributed by atoms with Crippen LogP contribution < -0.4 is 5.32 Å². The summed E-state index contributed by atoms with van der Waals surface area (Å²) >= 11 is 0. The molecule has 0 aliphatic carbocycles. The Balaban J connectivity index is 0.00000184. The second-order valence-electron chi connectivity index (χ2n) is 5.41. The Morgan fingerprint density at radius 2 is 1.66 bits per heavy atom. The SMILES string of the molecule is C=C.CC.CN/C(C#N)=C(\C)c1ccc(/C=C/c2cccc(C(F)F)c2)cc1F. The van der Waals surface area contributed by atoms with Gasteiger partial charge < -0.3 is 5.32 Å². The molecule has 154 valence electrons. The summed E-state index contributed by atoms with van der Waals surface area (Å²) in [7, 11) is 1.60. The zero-order chi connectivity index (χ0) is 22.4. The fourth-order valence-corrected chi connectivity index (χ4v) is 2.39. The molecule has 0 amide bonds. The summed E-state index contributed by atoms with van der Waals surface area (Å²) in [6, 6.07) is 12.6. The van der Waals surface area contributed by atoms with Gasteiger partial charge in [-0.1, -0.05) is 56.3 Å². The van der Waals surface area contributed by atoms with Gasteiger partial charge >= 0.3 is 0 Å². The van der Waals surface area contributed by atoms with Crippen molar-refractivity contribution in [3.05, 3.63) is 89.4 Å². The van der Waals surface area contributed by atoms with E-state index in [1.807, 2.05) is 19.9 Å². The molecule has 0 saturated carbocycles. The van der Waals surface area contributed by atoms with Gasteiger partial charge in [0.25, 0.3) is 6.43 Å². The van der Waals surface area contributed by atoms with Gasteiger partial charge in [0.1, 0.15) is 17.6 Å². The second-order valence-corrected chi connectivity index (χ2v) is 5.41. The first-order valence-electron chi connectivity index (χ1n) is 9.11. The summed E-state index contributed by atoms with van der Waals surface area (Å²) in [6.45, 7) is 11.7. The van der Waals surface area contributed by atoms with Crippen LogP contribution in [-0.2, 0) is 0 Å². The minimum absolute atomic E-state index is 0.0551. The molecular formula is C24H27F3N2. The van der Waals surface area contributed by atoms with E-state index in [9.17, 15) is 13.2 Å². The van der Waals surface area contributed by atoms with Crippen molar-refractivity contribution in [1.82, 2.24) is 5.32 Å². The number of rotatable bonds is 5. The predicted molar refractivity (Wildman–Crippen MR) is 117 cm³/mol. The van der Waals surface area contributed by atoms with Crippen LogP contribution in [0.2, 0.25) is 0 Å². The zero-order valence-electron chi connectivity index (χ0n) is 17.3. The Labute approximate surface area is 171 Å². The fraction of sp³-hybridized carbons (Fsp3) is 0.208. The van der Waals surface area contributed by atoms with Gasteiger partial charge in [0.15, 0.2) is 0 Å². The number of hydrogen-bond acceptors (Lipinski definition) is 2. The van der Waals surface area contributed by atoms with E-state index in [1.165, 1.54) is 18.2 Å². The van der Waals surface area contributed by atoms with E-state index in [-0.39, 0.29) is 5.56 Å². The first-order chi connectivity index (χ1) is 14.0. The van der Waals surface area contributed by atoms with E-state index in [1.54, 1.807) is 50.4 Å². The van der Waals surface area contributed by atoms with Gasteiger partial charge in [-0.2, -0.15) is 5.26 Å². The Morgan fingerprint density at radius 1 is 1.07 bits per heavy atom. The van der Waals surface area contributed by atoms with Crippen LogP contribution in [0, 0.1) is 17.1 Å². The van der Waals surface area contributed by atoms with Crippen molar-refractivity contribution in [2.75, 3.05) is 7.05 Å². The molecule has 29 heavy (non-hydrogen) atoms. The molecule has 0 unspecified atom stereocenters. The van der Waals surface area contributed by atoms with Gasteiger partial charge in [-0.15, -0.1) is 13.2 Å². The molecule has 2 rings (SSSR count). The highest BCUT2D eigenvalue weighted by Crippen LogP contribution is 2.23. The van der Waals surface area contributed by atoms with Crippen LogP contribution in [-0.4, -0.2) is 7.05 Å². The van der Waals surface area contributed by atoms with Gasteiger partial charge in [0.2, 0.25) is 0 Å². The topological polar surface area (TPSA) is 35.8 Å². The molecule has 1 N–H and O–H groups in total. The van der Waals surface area contributed by atoms with Crippen LogP contribution in [0.3, 0.4) is 0 Å². The van der Waals surface area contributed by atoms with Crippen molar-refractivity contribution >= 4 is 17.7 Å². The van der Waals surface area contributed by atoms with Crippen LogP contribution in [0.1, 0.15) is 49.5 Å². The third kappa shape index (κ3) is 7.71. The second kappa shape index (κ2) is 13.8. The highest BCUT2D eigenvalue weighted by molar-refractivity contribution is 5.74. The Hall–Kier alpha value is -3.26. The predicted octanol–water partition coefficient (Wildman–Crippen LogP) is 7.24. The summed E-state index contributed by atoms with van der Waals surface area (Å²) in [5.41, 5.74) is 2.30. The van der Waals surface area contributed by atoms with Gasteiger partial charge in [0, 0.05) is 18.2 Å². The minimum atomic E-state index is -2.53. The highest BCUT2D eigenvalue weighted by atomic mass is 19.3. The quantitative estimate of drug-likeness (QED) is 0.326. The molecular weight excluding hydrogens is 373 g/mol. The number of hydrogen-bond donors (Lipinski definition) is 1. The lowest BCUT2D eigenvalue weighted by atomic mass is 10.0. The molecule has 2 aromatic rings. The molecule has 0 aliphatic heterocycles. The third-order valence-electron chi connectivity index (χ3n) is 3.76. The number of nitrogens with zero attached hydrogens (tertiary/aromatic N) is 1. The van der Waals surface area contributed by atoms with Crippen LogP contribution in [0.4, 0.5) is 13.2 Å². The molecule has 0 fully saturated rings. The van der Waals surface area contributed by atoms with Crippen molar-refractivity contribution in [3.63, 3.8) is 0 Å². The fourth-order valence-electron chi connectivity index (χ4n) is 2.39. The molecule has 0 aliphatic rings. The van der Waals surface area contributed by atoms with E-state index in [2.05, 4.69) is 18.5 Å². The summed E-state index contributed by atoms with van der Waals surface area (Å²) in [5, 5.41) is 11.7. The van der Waals surface area contributed by atoms with Gasteiger partial charge in [0.05, 0.1) is 0 Å². The number of alkyl halides is 2. The van der Waals surface area contributed by atoms with E-state index < -0.39 is 12.2 Å². The molecule has 0 atom stereocenters. The Morgan fingerprint density at radius 3 is 2.14 bits per heavy atom. The zero-order valence-corrected chi connectivity index (χ0v) is 17.3. The maximum Gasteiger partial charge on any atom is 0.263 e. The number of nitrogens with one attached hydrogen (secondary N) is 1. The largest absolute Gasteiger partial charge is 0.379 e. The highest BCUT2D eigenvalue weighted by Gasteiger charge is 2.09. The first-order valence-corrected chi connectivity index (χ1v) is 9.11. The Bertz CT molecular complexity index is 878. The lowest BCUT2D eigenvalue weighted by molar-refractivity contribution is 0.151. The van der Waals surface area contributed by atoms with Gasteiger partial charge in [-0.3, -0.25) is 0 Å². The van der Waals surface area contributed by atoms with Crippen molar-refractivity contribution in [1.29, 1.82) is 5.26 Å². The summed E-state index contributed by atoms with van der Waals surface area (Å²) < 4.78 is 39.7. The van der Waals surface area contributed by atoms with Gasteiger partial charge in [-0.25, -0.2) is 13.2 Å². The monoisotopic (exact) mass is 400 g/mol. The van der Waals surface area contributed by atoms with Crippen molar-refractivity contribution in [2.45, 2.75) is 27.2 Å². The normalized spacial score (nSPS) is 10.9. The minimum Gasteiger partial charge on any atom is -0.379 e. The number of halogens is 3. The van der Waals surface area contributed by atoms with Gasteiger partial charge in [-0.05, 0) is 35.8 Å². The van der Waals surface area contributed by atoms with Crippen molar-refractivity contribution < 1.29 is 13.2 Å². The molecule has 0 radical (unpaired) electrons. The first kappa shape index (κ1) is 25.7. The van der Waals surface area contributed by atoms with E-state index in [0.717, 1.165) is 0 Å².